The molecule has 1 heterocycles. The van der Waals surface area contributed by atoms with E-state index in [4.69, 9.17) is 4.42 Å². The molecule has 0 bridgehead atoms. The highest BCUT2D eigenvalue weighted by atomic mass is 19.1. The minimum absolute atomic E-state index is 0.0789. The summed E-state index contributed by atoms with van der Waals surface area (Å²) in [5.41, 5.74) is 2.69. The number of aliphatic hydroxyl groups excluding tert-OH is 1. The Morgan fingerprint density at radius 1 is 1.00 bits per heavy atom. The van der Waals surface area contributed by atoms with Gasteiger partial charge in [0.25, 0.3) is 0 Å². The van der Waals surface area contributed by atoms with E-state index in [-0.39, 0.29) is 12.4 Å². The van der Waals surface area contributed by atoms with Crippen molar-refractivity contribution in [2.45, 2.75) is 13.1 Å². The van der Waals surface area contributed by atoms with Crippen LogP contribution in [0.1, 0.15) is 11.3 Å². The molecule has 4 nitrogen and oxygen atoms in total. The van der Waals surface area contributed by atoms with Gasteiger partial charge in [-0.1, -0.05) is 30.3 Å². The van der Waals surface area contributed by atoms with E-state index in [0.29, 0.717) is 19.0 Å². The average Bonchev–Trinajstić information content (AvgIpc) is 3.05. The maximum atomic E-state index is 13.0. The molecule has 0 aliphatic rings. The maximum Gasteiger partial charge on any atom is 0.226 e. The summed E-state index contributed by atoms with van der Waals surface area (Å²) in [6.45, 7) is 1.92. The molecule has 0 amide bonds. The highest BCUT2D eigenvalue weighted by Crippen LogP contribution is 2.20. The highest BCUT2D eigenvalue weighted by molar-refractivity contribution is 5.52. The Hall–Kier alpha value is -2.50. The second-order valence-corrected chi connectivity index (χ2v) is 5.57. The Morgan fingerprint density at radius 2 is 1.75 bits per heavy atom. The first-order valence-corrected chi connectivity index (χ1v) is 7.82. The highest BCUT2D eigenvalue weighted by Gasteiger charge is 2.12. The van der Waals surface area contributed by atoms with Gasteiger partial charge in [-0.15, -0.1) is 0 Å². The van der Waals surface area contributed by atoms with Crippen molar-refractivity contribution in [2.24, 2.45) is 0 Å². The zero-order valence-electron chi connectivity index (χ0n) is 13.2. The van der Waals surface area contributed by atoms with Crippen LogP contribution in [-0.4, -0.2) is 28.1 Å². The van der Waals surface area contributed by atoms with E-state index in [1.54, 1.807) is 18.4 Å². The Bertz CT molecular complexity index is 757. The van der Waals surface area contributed by atoms with Gasteiger partial charge in [0.2, 0.25) is 5.89 Å². The summed E-state index contributed by atoms with van der Waals surface area (Å²) in [6, 6.07) is 16.1. The largest absolute Gasteiger partial charge is 0.444 e. The van der Waals surface area contributed by atoms with Gasteiger partial charge in [0.1, 0.15) is 12.1 Å². The van der Waals surface area contributed by atoms with Gasteiger partial charge < -0.3 is 9.52 Å². The summed E-state index contributed by atoms with van der Waals surface area (Å²) in [5.74, 6) is 0.177. The lowest BCUT2D eigenvalue weighted by Gasteiger charge is -2.20. The SMILES string of the molecule is OCCN(Cc1ccccc1)Cc1coc(-c2ccc(F)cc2)n1. The van der Waals surface area contributed by atoms with Crippen molar-refractivity contribution < 1.29 is 13.9 Å². The molecule has 0 saturated carbocycles. The molecular weight excluding hydrogens is 307 g/mol. The summed E-state index contributed by atoms with van der Waals surface area (Å²) in [6.07, 6.45) is 1.61. The molecule has 3 aromatic rings. The first-order valence-electron chi connectivity index (χ1n) is 7.82. The van der Waals surface area contributed by atoms with Gasteiger partial charge in [0.05, 0.1) is 12.3 Å². The number of halogens is 1. The number of hydrogen-bond donors (Lipinski definition) is 1. The van der Waals surface area contributed by atoms with Crippen molar-refractivity contribution in [3.63, 3.8) is 0 Å². The molecule has 2 aromatic carbocycles. The Labute approximate surface area is 140 Å². The standard InChI is InChI=1S/C19H19FN2O2/c20-17-8-6-16(7-9-17)19-21-18(14-24-19)13-22(10-11-23)12-15-4-2-1-3-5-15/h1-9,14,23H,10-13H2. The van der Waals surface area contributed by atoms with Crippen molar-refractivity contribution in [3.8, 4) is 11.5 Å². The lowest BCUT2D eigenvalue weighted by atomic mass is 10.2. The molecule has 0 atom stereocenters. The number of aliphatic hydroxyl groups is 1. The van der Waals surface area contributed by atoms with Gasteiger partial charge in [-0.25, -0.2) is 9.37 Å². The van der Waals surface area contributed by atoms with Crippen LogP contribution in [0.5, 0.6) is 0 Å². The van der Waals surface area contributed by atoms with Crippen LogP contribution in [0.3, 0.4) is 0 Å². The van der Waals surface area contributed by atoms with Crippen LogP contribution in [0.2, 0.25) is 0 Å². The number of nitrogens with zero attached hydrogens (tertiary/aromatic N) is 2. The van der Waals surface area contributed by atoms with Crippen LogP contribution >= 0.6 is 0 Å². The molecule has 124 valence electrons. The Kier molecular flexibility index (Phi) is 5.36. The van der Waals surface area contributed by atoms with Gasteiger partial charge in [-0.2, -0.15) is 0 Å². The molecular formula is C19H19FN2O2. The third-order valence-electron chi connectivity index (χ3n) is 3.69. The first-order chi connectivity index (χ1) is 11.7. The second-order valence-electron chi connectivity index (χ2n) is 5.57. The molecule has 0 spiro atoms. The van der Waals surface area contributed by atoms with Gasteiger partial charge in [-0.05, 0) is 29.8 Å². The fourth-order valence-electron chi connectivity index (χ4n) is 2.53. The number of rotatable bonds is 7. The minimum atomic E-state index is -0.289. The molecule has 24 heavy (non-hydrogen) atoms. The van der Waals surface area contributed by atoms with Crippen LogP contribution in [0.25, 0.3) is 11.5 Å². The monoisotopic (exact) mass is 326 g/mol. The molecule has 0 saturated heterocycles. The molecule has 0 unspecified atom stereocenters. The molecule has 0 radical (unpaired) electrons. The molecule has 0 fully saturated rings. The molecule has 1 aromatic heterocycles. The van der Waals surface area contributed by atoms with Crippen molar-refractivity contribution in [2.75, 3.05) is 13.2 Å². The van der Waals surface area contributed by atoms with Gasteiger partial charge >= 0.3 is 0 Å². The molecule has 0 aliphatic carbocycles. The zero-order chi connectivity index (χ0) is 16.8. The fraction of sp³-hybridized carbons (Fsp3) is 0.211. The van der Waals surface area contributed by atoms with Crippen LogP contribution in [-0.2, 0) is 13.1 Å². The van der Waals surface area contributed by atoms with E-state index in [1.165, 1.54) is 17.7 Å². The van der Waals surface area contributed by atoms with E-state index in [2.05, 4.69) is 22.0 Å². The number of aromatic nitrogens is 1. The predicted octanol–water partition coefficient (Wildman–Crippen LogP) is 3.48. The number of hydrogen-bond acceptors (Lipinski definition) is 4. The number of oxazole rings is 1. The summed E-state index contributed by atoms with van der Waals surface area (Å²) in [4.78, 5) is 6.56. The van der Waals surface area contributed by atoms with Crippen LogP contribution in [0, 0.1) is 5.82 Å². The predicted molar refractivity (Wildman–Crippen MR) is 89.5 cm³/mol. The first kappa shape index (κ1) is 16.4. The summed E-state index contributed by atoms with van der Waals surface area (Å²) < 4.78 is 18.5. The summed E-state index contributed by atoms with van der Waals surface area (Å²) in [5, 5.41) is 9.28. The van der Waals surface area contributed by atoms with Gasteiger partial charge in [0, 0.05) is 25.2 Å². The number of benzene rings is 2. The lowest BCUT2D eigenvalue weighted by molar-refractivity contribution is 0.183. The fourth-order valence-corrected chi connectivity index (χ4v) is 2.53. The second kappa shape index (κ2) is 7.86. The smallest absolute Gasteiger partial charge is 0.226 e. The zero-order valence-corrected chi connectivity index (χ0v) is 13.2. The third-order valence-corrected chi connectivity index (χ3v) is 3.69. The van der Waals surface area contributed by atoms with Crippen LogP contribution in [0.15, 0.2) is 65.3 Å². The minimum Gasteiger partial charge on any atom is -0.444 e. The van der Waals surface area contributed by atoms with Crippen molar-refractivity contribution in [1.82, 2.24) is 9.88 Å². The summed E-state index contributed by atoms with van der Waals surface area (Å²) >= 11 is 0. The average molecular weight is 326 g/mol. The van der Waals surface area contributed by atoms with Crippen LogP contribution in [0.4, 0.5) is 4.39 Å². The van der Waals surface area contributed by atoms with Crippen molar-refractivity contribution in [1.29, 1.82) is 0 Å². The maximum absolute atomic E-state index is 13.0. The quantitative estimate of drug-likeness (QED) is 0.722. The Balaban J connectivity index is 1.70. The normalized spacial score (nSPS) is 11.1. The van der Waals surface area contributed by atoms with Crippen molar-refractivity contribution >= 4 is 0 Å². The molecule has 0 aliphatic heterocycles. The van der Waals surface area contributed by atoms with E-state index < -0.39 is 0 Å². The lowest BCUT2D eigenvalue weighted by Crippen LogP contribution is -2.26. The molecule has 3 rings (SSSR count). The third kappa shape index (κ3) is 4.28. The van der Waals surface area contributed by atoms with E-state index in [0.717, 1.165) is 17.8 Å². The van der Waals surface area contributed by atoms with E-state index >= 15 is 0 Å². The Morgan fingerprint density at radius 3 is 2.46 bits per heavy atom. The molecule has 5 heteroatoms. The molecule has 1 N–H and O–H groups in total. The van der Waals surface area contributed by atoms with Gasteiger partial charge in [-0.3, -0.25) is 4.90 Å². The van der Waals surface area contributed by atoms with E-state index in [1.807, 2.05) is 18.2 Å². The van der Waals surface area contributed by atoms with Gasteiger partial charge in [0.15, 0.2) is 0 Å². The topological polar surface area (TPSA) is 49.5 Å². The van der Waals surface area contributed by atoms with Crippen LogP contribution < -0.4 is 0 Å². The van der Waals surface area contributed by atoms with Crippen molar-refractivity contribution in [3.05, 3.63) is 77.9 Å². The van der Waals surface area contributed by atoms with E-state index in [9.17, 15) is 9.50 Å². The summed E-state index contributed by atoms with van der Waals surface area (Å²) in [7, 11) is 0.